The maximum absolute atomic E-state index is 13.2. The molecule has 2 nitrogen and oxygen atoms in total. The van der Waals surface area contributed by atoms with Crippen LogP contribution in [-0.2, 0) is 0 Å². The fourth-order valence-corrected chi connectivity index (χ4v) is 2.73. The third-order valence-corrected chi connectivity index (χ3v) is 3.73. The average Bonchev–Trinajstić information content (AvgIpc) is 2.38. The fourth-order valence-electron chi connectivity index (χ4n) is 2.73. The lowest BCUT2D eigenvalue weighted by molar-refractivity contribution is 0.293. The molecule has 1 aliphatic rings. The van der Waals surface area contributed by atoms with E-state index in [0.717, 1.165) is 18.2 Å². The third-order valence-electron chi connectivity index (χ3n) is 3.73. The molecule has 0 heterocycles. The normalized spacial score (nSPS) is 23.4. The van der Waals surface area contributed by atoms with Gasteiger partial charge in [0, 0.05) is 12.2 Å². The molecular weight excluding hydrogens is 227 g/mol. The van der Waals surface area contributed by atoms with Crippen LogP contribution < -0.4 is 5.32 Å². The molecule has 1 aliphatic carbocycles. The van der Waals surface area contributed by atoms with Crippen molar-refractivity contribution in [1.82, 2.24) is 0 Å². The van der Waals surface area contributed by atoms with Gasteiger partial charge in [-0.3, -0.25) is 0 Å². The number of nitrogens with zero attached hydrogens (tertiary/aromatic N) is 1. The highest BCUT2D eigenvalue weighted by Crippen LogP contribution is 2.28. The van der Waals surface area contributed by atoms with Crippen molar-refractivity contribution in [3.63, 3.8) is 0 Å². The van der Waals surface area contributed by atoms with Crippen LogP contribution in [0, 0.1) is 29.0 Å². The molecule has 2 rings (SSSR count). The molecule has 96 valence electrons. The molecule has 3 heteroatoms. The molecule has 2 unspecified atom stereocenters. The van der Waals surface area contributed by atoms with Crippen LogP contribution in [0.2, 0.25) is 0 Å². The Kier molecular flexibility index (Phi) is 4.19. The van der Waals surface area contributed by atoms with Crippen LogP contribution in [-0.4, -0.2) is 6.54 Å². The molecule has 0 saturated heterocycles. The summed E-state index contributed by atoms with van der Waals surface area (Å²) in [6.07, 6.45) is 5.18. The maximum Gasteiger partial charge on any atom is 0.141 e. The Morgan fingerprint density at radius 1 is 1.44 bits per heavy atom. The van der Waals surface area contributed by atoms with Gasteiger partial charge in [0.05, 0.1) is 5.56 Å². The van der Waals surface area contributed by atoms with Gasteiger partial charge in [-0.2, -0.15) is 5.26 Å². The monoisotopic (exact) mass is 246 g/mol. The molecule has 0 spiro atoms. The van der Waals surface area contributed by atoms with Gasteiger partial charge >= 0.3 is 0 Å². The molecule has 0 bridgehead atoms. The van der Waals surface area contributed by atoms with Crippen LogP contribution in [0.15, 0.2) is 18.2 Å². The minimum atomic E-state index is -0.450. The van der Waals surface area contributed by atoms with E-state index in [2.05, 4.69) is 12.2 Å². The van der Waals surface area contributed by atoms with Crippen molar-refractivity contribution in [2.24, 2.45) is 11.8 Å². The second-order valence-corrected chi connectivity index (χ2v) is 5.33. The SMILES string of the molecule is CC1CCCC(CNc2ccc(F)c(C#N)c2)C1. The van der Waals surface area contributed by atoms with E-state index in [1.165, 1.54) is 31.7 Å². The van der Waals surface area contributed by atoms with Gasteiger partial charge in [0.2, 0.25) is 0 Å². The molecule has 0 radical (unpaired) electrons. The largest absolute Gasteiger partial charge is 0.385 e. The summed E-state index contributed by atoms with van der Waals surface area (Å²) in [7, 11) is 0. The smallest absolute Gasteiger partial charge is 0.141 e. The van der Waals surface area contributed by atoms with Crippen molar-refractivity contribution >= 4 is 5.69 Å². The highest BCUT2D eigenvalue weighted by molar-refractivity contribution is 5.49. The van der Waals surface area contributed by atoms with E-state index in [1.807, 2.05) is 6.07 Å². The number of benzene rings is 1. The summed E-state index contributed by atoms with van der Waals surface area (Å²) < 4.78 is 13.2. The van der Waals surface area contributed by atoms with E-state index in [9.17, 15) is 4.39 Å². The van der Waals surface area contributed by atoms with E-state index in [4.69, 9.17) is 5.26 Å². The first-order chi connectivity index (χ1) is 8.69. The highest BCUT2D eigenvalue weighted by atomic mass is 19.1. The van der Waals surface area contributed by atoms with Crippen molar-refractivity contribution in [3.8, 4) is 6.07 Å². The molecular formula is C15H19FN2. The topological polar surface area (TPSA) is 35.8 Å². The Labute approximate surface area is 108 Å². The zero-order chi connectivity index (χ0) is 13.0. The molecule has 1 fully saturated rings. The molecule has 1 saturated carbocycles. The molecule has 1 N–H and O–H groups in total. The molecule has 0 aromatic heterocycles. The van der Waals surface area contributed by atoms with Crippen LogP contribution in [0.5, 0.6) is 0 Å². The molecule has 1 aromatic rings. The summed E-state index contributed by atoms with van der Waals surface area (Å²) in [6, 6.07) is 6.50. The lowest BCUT2D eigenvalue weighted by Gasteiger charge is -2.27. The summed E-state index contributed by atoms with van der Waals surface area (Å²) in [5, 5.41) is 12.1. The fraction of sp³-hybridized carbons (Fsp3) is 0.533. The zero-order valence-electron chi connectivity index (χ0n) is 10.7. The molecule has 18 heavy (non-hydrogen) atoms. The van der Waals surface area contributed by atoms with Crippen LogP contribution in [0.3, 0.4) is 0 Å². The zero-order valence-corrected chi connectivity index (χ0v) is 10.7. The number of anilines is 1. The minimum Gasteiger partial charge on any atom is -0.385 e. The average molecular weight is 246 g/mol. The van der Waals surface area contributed by atoms with Gasteiger partial charge in [0.1, 0.15) is 11.9 Å². The number of nitrogens with one attached hydrogen (secondary N) is 1. The Balaban J connectivity index is 1.92. The van der Waals surface area contributed by atoms with Crippen LogP contribution in [0.1, 0.15) is 38.2 Å². The summed E-state index contributed by atoms with van der Waals surface area (Å²) in [4.78, 5) is 0. The number of nitriles is 1. The van der Waals surface area contributed by atoms with E-state index in [1.54, 1.807) is 12.1 Å². The Morgan fingerprint density at radius 3 is 3.00 bits per heavy atom. The predicted molar refractivity (Wildman–Crippen MR) is 70.7 cm³/mol. The van der Waals surface area contributed by atoms with Gasteiger partial charge < -0.3 is 5.32 Å². The molecule has 2 atom stereocenters. The Morgan fingerprint density at radius 2 is 2.28 bits per heavy atom. The maximum atomic E-state index is 13.2. The van der Waals surface area contributed by atoms with Gasteiger partial charge in [-0.1, -0.05) is 19.8 Å². The van der Waals surface area contributed by atoms with Crippen LogP contribution in [0.25, 0.3) is 0 Å². The minimum absolute atomic E-state index is 0.108. The van der Waals surface area contributed by atoms with Crippen molar-refractivity contribution in [2.75, 3.05) is 11.9 Å². The van der Waals surface area contributed by atoms with Gasteiger partial charge in [-0.05, 0) is 42.9 Å². The number of hydrogen-bond acceptors (Lipinski definition) is 2. The molecule has 0 amide bonds. The van der Waals surface area contributed by atoms with Crippen molar-refractivity contribution in [1.29, 1.82) is 5.26 Å². The molecule has 0 aliphatic heterocycles. The Bertz CT molecular complexity index is 450. The van der Waals surface area contributed by atoms with Gasteiger partial charge in [-0.25, -0.2) is 4.39 Å². The number of rotatable bonds is 3. The number of hydrogen-bond donors (Lipinski definition) is 1. The highest BCUT2D eigenvalue weighted by Gasteiger charge is 2.18. The quantitative estimate of drug-likeness (QED) is 0.877. The van der Waals surface area contributed by atoms with Crippen LogP contribution in [0.4, 0.5) is 10.1 Å². The summed E-state index contributed by atoms with van der Waals surface area (Å²) in [5.74, 6) is 1.06. The van der Waals surface area contributed by atoms with Gasteiger partial charge in [0.25, 0.3) is 0 Å². The first kappa shape index (κ1) is 12.9. The summed E-state index contributed by atoms with van der Waals surface area (Å²) in [5.41, 5.74) is 0.947. The van der Waals surface area contributed by atoms with E-state index in [0.29, 0.717) is 5.92 Å². The third kappa shape index (κ3) is 3.22. The number of halogens is 1. The second-order valence-electron chi connectivity index (χ2n) is 5.33. The first-order valence-electron chi connectivity index (χ1n) is 6.62. The van der Waals surface area contributed by atoms with Crippen molar-refractivity contribution in [3.05, 3.63) is 29.6 Å². The summed E-state index contributed by atoms with van der Waals surface area (Å²) >= 11 is 0. The van der Waals surface area contributed by atoms with E-state index < -0.39 is 5.82 Å². The predicted octanol–water partition coefficient (Wildman–Crippen LogP) is 3.94. The van der Waals surface area contributed by atoms with Crippen molar-refractivity contribution < 1.29 is 4.39 Å². The van der Waals surface area contributed by atoms with Gasteiger partial charge in [0.15, 0.2) is 0 Å². The van der Waals surface area contributed by atoms with Crippen molar-refractivity contribution in [2.45, 2.75) is 32.6 Å². The first-order valence-corrected chi connectivity index (χ1v) is 6.62. The van der Waals surface area contributed by atoms with E-state index in [-0.39, 0.29) is 5.56 Å². The lowest BCUT2D eigenvalue weighted by atomic mass is 9.82. The Hall–Kier alpha value is -1.56. The lowest BCUT2D eigenvalue weighted by Crippen LogP contribution is -2.21. The standard InChI is InChI=1S/C15H19FN2/c1-11-3-2-4-12(7-11)10-18-14-5-6-15(16)13(8-14)9-17/h5-6,8,11-12,18H,2-4,7,10H2,1H3. The van der Waals surface area contributed by atoms with Crippen LogP contribution >= 0.6 is 0 Å². The molecule has 1 aromatic carbocycles. The van der Waals surface area contributed by atoms with E-state index >= 15 is 0 Å². The van der Waals surface area contributed by atoms with Gasteiger partial charge in [-0.15, -0.1) is 0 Å². The summed E-state index contributed by atoms with van der Waals surface area (Å²) in [6.45, 7) is 3.22. The second kappa shape index (κ2) is 5.86.